The molecule has 0 saturated carbocycles. The predicted octanol–water partition coefficient (Wildman–Crippen LogP) is 3.57. The number of hydrogen-bond donors (Lipinski definition) is 2. The second-order valence-corrected chi connectivity index (χ2v) is 5.79. The summed E-state index contributed by atoms with van der Waals surface area (Å²) < 4.78 is 0. The number of hydrogen-bond acceptors (Lipinski definition) is 3. The maximum atomic E-state index is 12.2. The van der Waals surface area contributed by atoms with E-state index in [9.17, 15) is 9.59 Å². The van der Waals surface area contributed by atoms with Crippen LogP contribution in [-0.4, -0.2) is 11.8 Å². The summed E-state index contributed by atoms with van der Waals surface area (Å²) in [7, 11) is 0. The summed E-state index contributed by atoms with van der Waals surface area (Å²) in [5.74, 6) is -1.25. The van der Waals surface area contributed by atoms with E-state index >= 15 is 0 Å². The van der Waals surface area contributed by atoms with Gasteiger partial charge in [0.25, 0.3) is 0 Å². The fourth-order valence-electron chi connectivity index (χ4n) is 2.33. The zero-order valence-corrected chi connectivity index (χ0v) is 13.9. The molecule has 5 heteroatoms. The van der Waals surface area contributed by atoms with Gasteiger partial charge in [-0.3, -0.25) is 9.59 Å². The lowest BCUT2D eigenvalue weighted by molar-refractivity contribution is -0.133. The quantitative estimate of drug-likeness (QED) is 0.848. The molecular formula is C19H19N3O2. The van der Waals surface area contributed by atoms with Gasteiger partial charge in [-0.25, -0.2) is 0 Å². The van der Waals surface area contributed by atoms with Crippen molar-refractivity contribution in [3.63, 3.8) is 0 Å². The van der Waals surface area contributed by atoms with Crippen LogP contribution < -0.4 is 10.6 Å². The largest absolute Gasteiger partial charge is 0.318 e. The summed E-state index contributed by atoms with van der Waals surface area (Å²) in [6, 6.07) is 14.1. The molecule has 0 aliphatic carbocycles. The molecule has 2 aromatic carbocycles. The maximum Gasteiger partial charge on any atom is 0.314 e. The first kappa shape index (κ1) is 17.2. The second kappa shape index (κ2) is 7.42. The van der Waals surface area contributed by atoms with Gasteiger partial charge in [0, 0.05) is 11.4 Å². The zero-order valence-electron chi connectivity index (χ0n) is 13.9. The third kappa shape index (κ3) is 3.99. The molecule has 0 fully saturated rings. The summed E-state index contributed by atoms with van der Waals surface area (Å²) in [6.45, 7) is 5.95. The summed E-state index contributed by atoms with van der Waals surface area (Å²) in [5, 5.41) is 14.0. The molecule has 2 rings (SSSR count). The van der Waals surface area contributed by atoms with Gasteiger partial charge in [0.15, 0.2) is 0 Å². The number of para-hydroxylation sites is 1. The molecule has 0 aromatic heterocycles. The molecule has 2 aromatic rings. The highest BCUT2D eigenvalue weighted by Gasteiger charge is 2.18. The Morgan fingerprint density at radius 1 is 1.00 bits per heavy atom. The smallest absolute Gasteiger partial charge is 0.314 e. The van der Waals surface area contributed by atoms with Gasteiger partial charge in [-0.1, -0.05) is 32.0 Å². The van der Waals surface area contributed by atoms with Gasteiger partial charge < -0.3 is 10.6 Å². The molecule has 5 nitrogen and oxygen atoms in total. The van der Waals surface area contributed by atoms with Crippen LogP contribution >= 0.6 is 0 Å². The highest BCUT2D eigenvalue weighted by atomic mass is 16.2. The number of amides is 2. The van der Waals surface area contributed by atoms with Crippen molar-refractivity contribution in [1.82, 2.24) is 0 Å². The van der Waals surface area contributed by atoms with Gasteiger partial charge in [-0.15, -0.1) is 0 Å². The van der Waals surface area contributed by atoms with Gasteiger partial charge in [0.05, 0.1) is 11.6 Å². The Morgan fingerprint density at radius 2 is 1.62 bits per heavy atom. The molecule has 0 spiro atoms. The Kier molecular flexibility index (Phi) is 5.33. The zero-order chi connectivity index (χ0) is 17.7. The number of nitriles is 1. The topological polar surface area (TPSA) is 82.0 Å². The average molecular weight is 321 g/mol. The highest BCUT2D eigenvalue weighted by molar-refractivity contribution is 6.43. The van der Waals surface area contributed by atoms with E-state index in [1.807, 2.05) is 45.0 Å². The summed E-state index contributed by atoms with van der Waals surface area (Å²) >= 11 is 0. The maximum absolute atomic E-state index is 12.2. The average Bonchev–Trinajstić information content (AvgIpc) is 2.57. The summed E-state index contributed by atoms with van der Waals surface area (Å²) in [5.41, 5.74) is 3.50. The number of rotatable bonds is 3. The fourth-order valence-corrected chi connectivity index (χ4v) is 2.33. The van der Waals surface area contributed by atoms with E-state index < -0.39 is 11.8 Å². The lowest BCUT2D eigenvalue weighted by Crippen LogP contribution is -2.29. The Labute approximate surface area is 141 Å². The molecule has 0 heterocycles. The number of benzene rings is 2. The minimum atomic E-state index is -0.752. The number of nitrogens with zero attached hydrogens (tertiary/aromatic N) is 1. The Balaban J connectivity index is 2.12. The van der Waals surface area contributed by atoms with E-state index in [0.29, 0.717) is 16.9 Å². The van der Waals surface area contributed by atoms with Crippen LogP contribution in [0.1, 0.15) is 36.5 Å². The molecule has 0 aliphatic heterocycles. The van der Waals surface area contributed by atoms with E-state index in [-0.39, 0.29) is 5.92 Å². The number of nitrogens with one attached hydrogen (secondary N) is 2. The van der Waals surface area contributed by atoms with Crippen molar-refractivity contribution in [1.29, 1.82) is 5.26 Å². The monoisotopic (exact) mass is 321 g/mol. The van der Waals surface area contributed by atoms with Crippen molar-refractivity contribution >= 4 is 23.2 Å². The summed E-state index contributed by atoms with van der Waals surface area (Å²) in [4.78, 5) is 24.3. The molecule has 0 aliphatic rings. The number of anilines is 2. The van der Waals surface area contributed by atoms with Crippen LogP contribution in [-0.2, 0) is 9.59 Å². The van der Waals surface area contributed by atoms with Crippen LogP contribution in [0.2, 0.25) is 0 Å². The first-order valence-corrected chi connectivity index (χ1v) is 7.64. The van der Waals surface area contributed by atoms with Crippen molar-refractivity contribution < 1.29 is 9.59 Å². The van der Waals surface area contributed by atoms with Crippen molar-refractivity contribution in [3.05, 3.63) is 59.2 Å². The minimum Gasteiger partial charge on any atom is -0.318 e. The van der Waals surface area contributed by atoms with Gasteiger partial charge in [-0.2, -0.15) is 5.26 Å². The van der Waals surface area contributed by atoms with Crippen molar-refractivity contribution in [3.8, 4) is 6.07 Å². The molecule has 24 heavy (non-hydrogen) atoms. The first-order valence-electron chi connectivity index (χ1n) is 7.64. The van der Waals surface area contributed by atoms with Crippen LogP contribution in [0.3, 0.4) is 0 Å². The SMILES string of the molecule is Cc1cccc(C(C)C)c1NC(=O)C(=O)Nc1ccc(C#N)cc1. The van der Waals surface area contributed by atoms with E-state index in [4.69, 9.17) is 5.26 Å². The van der Waals surface area contributed by atoms with Crippen LogP contribution in [0.25, 0.3) is 0 Å². The Morgan fingerprint density at radius 3 is 2.21 bits per heavy atom. The molecule has 0 atom stereocenters. The number of carbonyl (C=O) groups is 2. The Hall–Kier alpha value is -3.13. The molecule has 0 saturated heterocycles. The molecular weight excluding hydrogens is 302 g/mol. The van der Waals surface area contributed by atoms with Gasteiger partial charge in [-0.05, 0) is 48.2 Å². The second-order valence-electron chi connectivity index (χ2n) is 5.79. The standard InChI is InChI=1S/C19H19N3O2/c1-12(2)16-6-4-5-13(3)17(16)22-19(24)18(23)21-15-9-7-14(11-20)8-10-15/h4-10,12H,1-3H3,(H,21,23)(H,22,24). The lowest BCUT2D eigenvalue weighted by Gasteiger charge is -2.16. The van der Waals surface area contributed by atoms with Crippen molar-refractivity contribution in [2.24, 2.45) is 0 Å². The molecule has 0 unspecified atom stereocenters. The van der Waals surface area contributed by atoms with Crippen LogP contribution in [0.4, 0.5) is 11.4 Å². The fraction of sp³-hybridized carbons (Fsp3) is 0.211. The lowest BCUT2D eigenvalue weighted by atomic mass is 9.98. The normalized spacial score (nSPS) is 10.1. The minimum absolute atomic E-state index is 0.224. The summed E-state index contributed by atoms with van der Waals surface area (Å²) in [6.07, 6.45) is 0. The van der Waals surface area contributed by atoms with E-state index in [2.05, 4.69) is 10.6 Å². The van der Waals surface area contributed by atoms with Crippen LogP contribution in [0, 0.1) is 18.3 Å². The van der Waals surface area contributed by atoms with Crippen LogP contribution in [0.5, 0.6) is 0 Å². The molecule has 0 radical (unpaired) electrons. The third-order valence-electron chi connectivity index (χ3n) is 3.64. The van der Waals surface area contributed by atoms with E-state index in [1.54, 1.807) is 24.3 Å². The van der Waals surface area contributed by atoms with Gasteiger partial charge in [0.2, 0.25) is 0 Å². The Bertz CT molecular complexity index is 802. The van der Waals surface area contributed by atoms with Gasteiger partial charge in [0.1, 0.15) is 0 Å². The number of aryl methyl sites for hydroxylation is 1. The predicted molar refractivity (Wildman–Crippen MR) is 93.7 cm³/mol. The molecule has 2 amide bonds. The first-order chi connectivity index (χ1) is 11.4. The van der Waals surface area contributed by atoms with E-state index in [0.717, 1.165) is 11.1 Å². The highest BCUT2D eigenvalue weighted by Crippen LogP contribution is 2.27. The molecule has 2 N–H and O–H groups in total. The molecule has 122 valence electrons. The van der Waals surface area contributed by atoms with E-state index in [1.165, 1.54) is 0 Å². The molecule has 0 bridgehead atoms. The third-order valence-corrected chi connectivity index (χ3v) is 3.64. The number of carbonyl (C=O) groups excluding carboxylic acids is 2. The van der Waals surface area contributed by atoms with Gasteiger partial charge >= 0.3 is 11.8 Å². The van der Waals surface area contributed by atoms with Crippen molar-refractivity contribution in [2.45, 2.75) is 26.7 Å². The van der Waals surface area contributed by atoms with Crippen molar-refractivity contribution in [2.75, 3.05) is 10.6 Å². The van der Waals surface area contributed by atoms with Crippen LogP contribution in [0.15, 0.2) is 42.5 Å².